The molecule has 2 aliphatic heterocycles. The van der Waals surface area contributed by atoms with E-state index in [2.05, 4.69) is 20.5 Å². The van der Waals surface area contributed by atoms with E-state index in [1.165, 1.54) is 12.1 Å². The summed E-state index contributed by atoms with van der Waals surface area (Å²) in [5.74, 6) is -0.309. The van der Waals surface area contributed by atoms with Crippen molar-refractivity contribution in [1.29, 1.82) is 0 Å². The van der Waals surface area contributed by atoms with E-state index in [-0.39, 0.29) is 11.7 Å². The van der Waals surface area contributed by atoms with Crippen molar-refractivity contribution < 1.29 is 13.9 Å². The van der Waals surface area contributed by atoms with Crippen LogP contribution in [0.3, 0.4) is 0 Å². The molecule has 0 radical (unpaired) electrons. The third-order valence-corrected chi connectivity index (χ3v) is 5.51. The van der Waals surface area contributed by atoms with Gasteiger partial charge >= 0.3 is 155 Å². The number of benzene rings is 1. The summed E-state index contributed by atoms with van der Waals surface area (Å²) in [5.41, 5.74) is 1.39. The number of hydrogen-bond acceptors (Lipinski definition) is 4. The molecule has 0 N–H and O–H groups in total. The van der Waals surface area contributed by atoms with Gasteiger partial charge in [0.2, 0.25) is 0 Å². The molecule has 2 heterocycles. The number of rotatable bonds is 5. The van der Waals surface area contributed by atoms with E-state index in [0.29, 0.717) is 12.2 Å². The quantitative estimate of drug-likeness (QED) is 0.535. The number of amides is 1. The molecular formula is C18H22FN3O2Se. The van der Waals surface area contributed by atoms with Gasteiger partial charge in [-0.3, -0.25) is 0 Å². The second-order valence-corrected chi connectivity index (χ2v) is 6.95. The summed E-state index contributed by atoms with van der Waals surface area (Å²) in [6.07, 6.45) is 2.70. The van der Waals surface area contributed by atoms with Gasteiger partial charge in [0.1, 0.15) is 0 Å². The first kappa shape index (κ1) is 18.3. The maximum atomic E-state index is 13.0. The molecule has 3 rings (SSSR count). The van der Waals surface area contributed by atoms with Crippen molar-refractivity contribution in [1.82, 2.24) is 14.7 Å². The summed E-state index contributed by atoms with van der Waals surface area (Å²) in [7, 11) is 1.86. The van der Waals surface area contributed by atoms with Crippen molar-refractivity contribution in [3.8, 4) is 0 Å². The van der Waals surface area contributed by atoms with Crippen LogP contribution in [0.25, 0.3) is 6.08 Å². The maximum absolute atomic E-state index is 13.0. The standard InChI is InChI=1S/C18H22FN3O2Se/c1-20-16(13-14-3-5-15(19)6-4-14)17(23)22(18(20)25)8-2-7-21-9-11-24-12-10-21/h3-6,13H,2,7-12H2,1H3. The number of carbonyl (C=O) groups excluding carboxylic acids is 1. The SMILES string of the molecule is CN1C(=[Se])N(CCCN2CCOCC2)C(=O)C1=Cc1ccc(F)cc1. The van der Waals surface area contributed by atoms with Crippen LogP contribution in [0, 0.1) is 5.82 Å². The molecule has 0 aromatic heterocycles. The van der Waals surface area contributed by atoms with E-state index < -0.39 is 0 Å². The second-order valence-electron chi connectivity index (χ2n) is 6.19. The monoisotopic (exact) mass is 411 g/mol. The Hall–Kier alpha value is -1.53. The van der Waals surface area contributed by atoms with E-state index in [9.17, 15) is 9.18 Å². The van der Waals surface area contributed by atoms with Gasteiger partial charge in [-0.1, -0.05) is 0 Å². The van der Waals surface area contributed by atoms with Crippen molar-refractivity contribution in [3.05, 3.63) is 41.3 Å². The number of morpholine rings is 1. The third kappa shape index (κ3) is 4.36. The van der Waals surface area contributed by atoms with Crippen LogP contribution in [0.15, 0.2) is 30.0 Å². The van der Waals surface area contributed by atoms with E-state index in [1.807, 2.05) is 11.9 Å². The van der Waals surface area contributed by atoms with Crippen molar-refractivity contribution >= 4 is 32.2 Å². The number of hydrogen-bond donors (Lipinski definition) is 0. The molecule has 25 heavy (non-hydrogen) atoms. The molecule has 7 heteroatoms. The number of likely N-dealkylation sites (N-methyl/N-ethyl adjacent to an activating group) is 1. The van der Waals surface area contributed by atoms with E-state index in [1.54, 1.807) is 23.1 Å². The predicted octanol–water partition coefficient (Wildman–Crippen LogP) is 0.919. The van der Waals surface area contributed by atoms with Gasteiger partial charge in [0.15, 0.2) is 0 Å². The number of halogens is 1. The summed E-state index contributed by atoms with van der Waals surface area (Å²) in [4.78, 5) is 18.7. The Morgan fingerprint density at radius 2 is 1.88 bits per heavy atom. The molecule has 0 aliphatic carbocycles. The first-order valence-electron chi connectivity index (χ1n) is 8.43. The van der Waals surface area contributed by atoms with Gasteiger partial charge in [0.25, 0.3) is 0 Å². The molecule has 0 saturated carbocycles. The molecule has 1 aromatic carbocycles. The fourth-order valence-corrected chi connectivity index (χ4v) is 3.57. The third-order valence-electron chi connectivity index (χ3n) is 4.48. The van der Waals surface area contributed by atoms with Gasteiger partial charge in [-0.25, -0.2) is 0 Å². The number of carbonyl (C=O) groups is 1. The van der Waals surface area contributed by atoms with Crippen LogP contribution in [0.1, 0.15) is 12.0 Å². The van der Waals surface area contributed by atoms with E-state index in [4.69, 9.17) is 4.74 Å². The predicted molar refractivity (Wildman–Crippen MR) is 96.5 cm³/mol. The molecule has 0 unspecified atom stereocenters. The zero-order valence-corrected chi connectivity index (χ0v) is 16.0. The van der Waals surface area contributed by atoms with Crippen LogP contribution < -0.4 is 0 Å². The fraction of sp³-hybridized carbons (Fsp3) is 0.444. The summed E-state index contributed by atoms with van der Waals surface area (Å²) < 4.78 is 19.2. The molecule has 0 atom stereocenters. The number of nitrogens with zero attached hydrogens (tertiary/aromatic N) is 3. The first-order chi connectivity index (χ1) is 12.1. The summed E-state index contributed by atoms with van der Waals surface area (Å²) in [5, 5.41) is 0. The van der Waals surface area contributed by atoms with Crippen LogP contribution in [0.5, 0.6) is 0 Å². The van der Waals surface area contributed by atoms with Crippen molar-refractivity contribution in [3.63, 3.8) is 0 Å². The van der Waals surface area contributed by atoms with Crippen LogP contribution in [0.4, 0.5) is 4.39 Å². The average Bonchev–Trinajstić information content (AvgIpc) is 2.82. The summed E-state index contributed by atoms with van der Waals surface area (Å²) in [6.45, 7) is 5.12. The fourth-order valence-electron chi connectivity index (χ4n) is 3.00. The van der Waals surface area contributed by atoms with Crippen LogP contribution in [-0.2, 0) is 9.53 Å². The minimum absolute atomic E-state index is 0.0254. The molecule has 2 saturated heterocycles. The van der Waals surface area contributed by atoms with Crippen LogP contribution in [0.2, 0.25) is 0 Å². The average molecular weight is 410 g/mol. The summed E-state index contributed by atoms with van der Waals surface area (Å²) in [6, 6.07) is 6.14. The molecule has 2 aliphatic rings. The number of ether oxygens (including phenoxy) is 1. The first-order valence-corrected chi connectivity index (χ1v) is 9.29. The molecule has 134 valence electrons. The zero-order chi connectivity index (χ0) is 17.8. The van der Waals surface area contributed by atoms with Gasteiger partial charge in [0.05, 0.1) is 0 Å². The van der Waals surface area contributed by atoms with Gasteiger partial charge in [0, 0.05) is 0 Å². The molecule has 2 fully saturated rings. The van der Waals surface area contributed by atoms with Gasteiger partial charge in [-0.2, -0.15) is 0 Å². The minimum atomic E-state index is -0.283. The Kier molecular flexibility index (Phi) is 6.02. The molecule has 0 spiro atoms. The Labute approximate surface area is 155 Å². The van der Waals surface area contributed by atoms with Gasteiger partial charge in [-0.05, 0) is 0 Å². The molecule has 1 aromatic rings. The topological polar surface area (TPSA) is 36.0 Å². The summed E-state index contributed by atoms with van der Waals surface area (Å²) >= 11 is 3.00. The molecular weight excluding hydrogens is 388 g/mol. The van der Waals surface area contributed by atoms with E-state index >= 15 is 0 Å². The molecule has 5 nitrogen and oxygen atoms in total. The van der Waals surface area contributed by atoms with Crippen molar-refractivity contribution in [2.45, 2.75) is 6.42 Å². The Balaban J connectivity index is 1.62. The molecule has 0 bridgehead atoms. The normalized spacial score (nSPS) is 20.8. The Morgan fingerprint density at radius 1 is 1.20 bits per heavy atom. The van der Waals surface area contributed by atoms with Crippen LogP contribution >= 0.6 is 0 Å². The Bertz CT molecular complexity index is 671. The zero-order valence-electron chi connectivity index (χ0n) is 14.3. The second kappa shape index (κ2) is 8.23. The van der Waals surface area contributed by atoms with Crippen molar-refractivity contribution in [2.75, 3.05) is 46.4 Å². The van der Waals surface area contributed by atoms with Gasteiger partial charge < -0.3 is 0 Å². The van der Waals surface area contributed by atoms with Crippen molar-refractivity contribution in [2.24, 2.45) is 0 Å². The van der Waals surface area contributed by atoms with E-state index in [0.717, 1.165) is 49.5 Å². The van der Waals surface area contributed by atoms with Crippen LogP contribution in [-0.4, -0.2) is 87.3 Å². The molecule has 1 amide bonds. The Morgan fingerprint density at radius 3 is 2.56 bits per heavy atom. The van der Waals surface area contributed by atoms with Gasteiger partial charge in [-0.15, -0.1) is 0 Å².